The Morgan fingerprint density at radius 1 is 1.26 bits per heavy atom. The number of hydrogen-bond donors (Lipinski definition) is 2. The normalized spacial score (nSPS) is 11.0. The van der Waals surface area contributed by atoms with Gasteiger partial charge in [0.2, 0.25) is 0 Å². The van der Waals surface area contributed by atoms with Gasteiger partial charge in [-0.05, 0) is 31.9 Å². The summed E-state index contributed by atoms with van der Waals surface area (Å²) in [5.74, 6) is -0.0760. The molecule has 2 heterocycles. The quantitative estimate of drug-likeness (QED) is 0.774. The fraction of sp³-hybridized carbons (Fsp3) is 0.263. The highest BCUT2D eigenvalue weighted by atomic mass is 16.1. The van der Waals surface area contributed by atoms with Crippen LogP contribution >= 0.6 is 0 Å². The second kappa shape index (κ2) is 5.88. The number of nitrogens with one attached hydrogen (secondary N) is 2. The highest BCUT2D eigenvalue weighted by molar-refractivity contribution is 6.02. The number of aromatic amines is 1. The molecule has 0 aliphatic rings. The third-order valence-electron chi connectivity index (χ3n) is 4.35. The summed E-state index contributed by atoms with van der Waals surface area (Å²) in [7, 11) is 1.66. The van der Waals surface area contributed by atoms with E-state index in [4.69, 9.17) is 4.98 Å². The molecular weight excluding hydrogens is 286 g/mol. The first-order valence-electron chi connectivity index (χ1n) is 7.87. The van der Waals surface area contributed by atoms with Crippen molar-refractivity contribution in [2.24, 2.45) is 0 Å². The Balaban J connectivity index is 2.34. The fourth-order valence-electron chi connectivity index (χ4n) is 3.28. The highest BCUT2D eigenvalue weighted by Gasteiger charge is 2.21. The van der Waals surface area contributed by atoms with Crippen LogP contribution in [0.25, 0.3) is 22.0 Å². The minimum Gasteiger partial charge on any atom is -0.361 e. The average molecular weight is 307 g/mol. The van der Waals surface area contributed by atoms with Crippen molar-refractivity contribution >= 4 is 16.8 Å². The number of hydrogen-bond acceptors (Lipinski definition) is 2. The monoisotopic (exact) mass is 307 g/mol. The Morgan fingerprint density at radius 2 is 2.00 bits per heavy atom. The SMILES string of the molecule is CCc1nc(C)c(-c2c[nH]c3ccccc23)c(C)c1C(=O)NC. The predicted molar refractivity (Wildman–Crippen MR) is 93.8 cm³/mol. The van der Waals surface area contributed by atoms with Gasteiger partial charge in [-0.25, -0.2) is 0 Å². The van der Waals surface area contributed by atoms with Gasteiger partial charge < -0.3 is 10.3 Å². The summed E-state index contributed by atoms with van der Waals surface area (Å²) in [5, 5.41) is 3.89. The number of carbonyl (C=O) groups is 1. The van der Waals surface area contributed by atoms with E-state index in [1.54, 1.807) is 7.05 Å². The summed E-state index contributed by atoms with van der Waals surface area (Å²) in [6.45, 7) is 6.05. The van der Waals surface area contributed by atoms with Crippen LogP contribution < -0.4 is 5.32 Å². The molecule has 0 saturated heterocycles. The molecule has 0 bridgehead atoms. The van der Waals surface area contributed by atoms with E-state index in [1.807, 2.05) is 39.1 Å². The smallest absolute Gasteiger partial charge is 0.253 e. The third kappa shape index (κ3) is 2.40. The maximum absolute atomic E-state index is 12.4. The van der Waals surface area contributed by atoms with Gasteiger partial charge in [0, 0.05) is 41.0 Å². The van der Waals surface area contributed by atoms with Crippen LogP contribution in [0.5, 0.6) is 0 Å². The minimum absolute atomic E-state index is 0.0760. The molecule has 0 atom stereocenters. The molecule has 3 rings (SSSR count). The van der Waals surface area contributed by atoms with E-state index in [2.05, 4.69) is 22.4 Å². The average Bonchev–Trinajstić information content (AvgIpc) is 2.97. The zero-order chi connectivity index (χ0) is 16.6. The van der Waals surface area contributed by atoms with Gasteiger partial charge in [0.15, 0.2) is 0 Å². The number of H-pyrrole nitrogens is 1. The van der Waals surface area contributed by atoms with Crippen molar-refractivity contribution in [2.45, 2.75) is 27.2 Å². The Kier molecular flexibility index (Phi) is 3.90. The van der Waals surface area contributed by atoms with Crippen LogP contribution in [0.4, 0.5) is 0 Å². The predicted octanol–water partition coefficient (Wildman–Crippen LogP) is 3.77. The van der Waals surface area contributed by atoms with E-state index in [0.29, 0.717) is 5.56 Å². The number of carbonyl (C=O) groups excluding carboxylic acids is 1. The molecule has 0 fully saturated rings. The largest absolute Gasteiger partial charge is 0.361 e. The summed E-state index contributed by atoms with van der Waals surface area (Å²) in [5.41, 5.74) is 6.70. The van der Waals surface area contributed by atoms with Crippen LogP contribution in [0, 0.1) is 13.8 Å². The van der Waals surface area contributed by atoms with E-state index >= 15 is 0 Å². The molecule has 118 valence electrons. The minimum atomic E-state index is -0.0760. The molecule has 4 nitrogen and oxygen atoms in total. The van der Waals surface area contributed by atoms with Gasteiger partial charge in [0.05, 0.1) is 11.3 Å². The second-order valence-electron chi connectivity index (χ2n) is 5.70. The molecular formula is C19H21N3O. The van der Waals surface area contributed by atoms with Gasteiger partial charge >= 0.3 is 0 Å². The van der Waals surface area contributed by atoms with Crippen molar-refractivity contribution in [1.29, 1.82) is 0 Å². The van der Waals surface area contributed by atoms with Gasteiger partial charge in [-0.2, -0.15) is 0 Å². The van der Waals surface area contributed by atoms with Crippen LogP contribution in [0.15, 0.2) is 30.5 Å². The van der Waals surface area contributed by atoms with E-state index in [9.17, 15) is 4.79 Å². The lowest BCUT2D eigenvalue weighted by Gasteiger charge is -2.16. The summed E-state index contributed by atoms with van der Waals surface area (Å²) < 4.78 is 0. The van der Waals surface area contributed by atoms with Crippen molar-refractivity contribution in [3.63, 3.8) is 0 Å². The van der Waals surface area contributed by atoms with Crippen LogP contribution in [0.3, 0.4) is 0 Å². The Labute approximate surface area is 136 Å². The number of aryl methyl sites for hydroxylation is 2. The van der Waals surface area contributed by atoms with Crippen LogP contribution in [0.1, 0.15) is 34.2 Å². The van der Waals surface area contributed by atoms with Crippen molar-refractivity contribution < 1.29 is 4.79 Å². The third-order valence-corrected chi connectivity index (χ3v) is 4.35. The number of nitrogens with zero attached hydrogens (tertiary/aromatic N) is 1. The number of pyridine rings is 1. The number of amides is 1. The lowest BCUT2D eigenvalue weighted by atomic mass is 9.93. The van der Waals surface area contributed by atoms with Crippen molar-refractivity contribution in [3.05, 3.63) is 53.0 Å². The zero-order valence-corrected chi connectivity index (χ0v) is 13.9. The maximum Gasteiger partial charge on any atom is 0.253 e. The molecule has 0 unspecified atom stereocenters. The standard InChI is InChI=1S/C19H21N3O/c1-5-15-18(19(23)20-4)11(2)17(12(3)22-15)14-10-21-16-9-7-6-8-13(14)16/h6-10,21H,5H2,1-4H3,(H,20,23). The summed E-state index contributed by atoms with van der Waals surface area (Å²) in [6.07, 6.45) is 2.74. The van der Waals surface area contributed by atoms with E-state index in [0.717, 1.165) is 45.4 Å². The summed E-state index contributed by atoms with van der Waals surface area (Å²) in [4.78, 5) is 20.4. The summed E-state index contributed by atoms with van der Waals surface area (Å²) in [6, 6.07) is 8.18. The number of rotatable bonds is 3. The van der Waals surface area contributed by atoms with Crippen molar-refractivity contribution in [1.82, 2.24) is 15.3 Å². The first-order chi connectivity index (χ1) is 11.1. The van der Waals surface area contributed by atoms with Crippen LogP contribution in [0.2, 0.25) is 0 Å². The van der Waals surface area contributed by atoms with Crippen LogP contribution in [-0.4, -0.2) is 22.9 Å². The molecule has 0 saturated carbocycles. The Hall–Kier alpha value is -2.62. The number of benzene rings is 1. The number of fused-ring (bicyclic) bond motifs is 1. The van der Waals surface area contributed by atoms with Crippen molar-refractivity contribution in [2.75, 3.05) is 7.05 Å². The van der Waals surface area contributed by atoms with Gasteiger partial charge in [-0.3, -0.25) is 9.78 Å². The molecule has 0 spiro atoms. The lowest BCUT2D eigenvalue weighted by Crippen LogP contribution is -2.22. The number of para-hydroxylation sites is 1. The maximum atomic E-state index is 12.4. The van der Waals surface area contributed by atoms with Gasteiger partial charge in [-0.1, -0.05) is 25.1 Å². The van der Waals surface area contributed by atoms with Gasteiger partial charge in [0.25, 0.3) is 5.91 Å². The molecule has 1 amide bonds. The van der Waals surface area contributed by atoms with E-state index in [1.165, 1.54) is 0 Å². The zero-order valence-electron chi connectivity index (χ0n) is 13.9. The first kappa shape index (κ1) is 15.3. The molecule has 2 N–H and O–H groups in total. The molecule has 4 heteroatoms. The summed E-state index contributed by atoms with van der Waals surface area (Å²) >= 11 is 0. The van der Waals surface area contributed by atoms with Crippen molar-refractivity contribution in [3.8, 4) is 11.1 Å². The highest BCUT2D eigenvalue weighted by Crippen LogP contribution is 2.34. The Morgan fingerprint density at radius 3 is 2.70 bits per heavy atom. The van der Waals surface area contributed by atoms with E-state index in [-0.39, 0.29) is 5.91 Å². The molecule has 1 aromatic carbocycles. The fourth-order valence-corrected chi connectivity index (χ4v) is 3.28. The van der Waals surface area contributed by atoms with E-state index < -0.39 is 0 Å². The second-order valence-corrected chi connectivity index (χ2v) is 5.70. The molecule has 2 aromatic heterocycles. The molecule has 0 aliphatic carbocycles. The Bertz CT molecular complexity index is 893. The lowest BCUT2D eigenvalue weighted by molar-refractivity contribution is 0.0961. The number of aromatic nitrogens is 2. The first-order valence-corrected chi connectivity index (χ1v) is 7.87. The molecule has 0 radical (unpaired) electrons. The van der Waals surface area contributed by atoms with Gasteiger partial charge in [0.1, 0.15) is 0 Å². The van der Waals surface area contributed by atoms with Crippen LogP contribution in [-0.2, 0) is 6.42 Å². The molecule has 23 heavy (non-hydrogen) atoms. The molecule has 0 aliphatic heterocycles. The topological polar surface area (TPSA) is 57.8 Å². The van der Waals surface area contributed by atoms with Gasteiger partial charge in [-0.15, -0.1) is 0 Å². The molecule has 3 aromatic rings.